The van der Waals surface area contributed by atoms with Crippen LogP contribution in [0.1, 0.15) is 109 Å². The topological polar surface area (TPSA) is 183 Å². The van der Waals surface area contributed by atoms with Crippen molar-refractivity contribution in [2.75, 3.05) is 43.4 Å². The number of amides is 5. The second kappa shape index (κ2) is 15.5. The fourth-order valence-corrected chi connectivity index (χ4v) is 11.4. The first kappa shape index (κ1) is 38.6. The van der Waals surface area contributed by atoms with E-state index in [9.17, 15) is 19.2 Å². The van der Waals surface area contributed by atoms with E-state index in [1.54, 1.807) is 11.1 Å². The second-order valence-corrected chi connectivity index (χ2v) is 18.1. The van der Waals surface area contributed by atoms with Gasteiger partial charge in [0.1, 0.15) is 11.5 Å². The predicted molar refractivity (Wildman–Crippen MR) is 225 cm³/mol. The van der Waals surface area contributed by atoms with Gasteiger partial charge in [0, 0.05) is 74.4 Å². The molecule has 0 saturated carbocycles. The van der Waals surface area contributed by atoms with E-state index in [1.807, 2.05) is 11.9 Å². The number of aromatic nitrogens is 3. The fourth-order valence-electron chi connectivity index (χ4n) is 11.4. The van der Waals surface area contributed by atoms with Crippen molar-refractivity contribution in [1.29, 1.82) is 0 Å². The van der Waals surface area contributed by atoms with Gasteiger partial charge in [0.15, 0.2) is 17.1 Å². The number of likely N-dealkylation sites (N-methyl/N-ethyl adjacent to an activating group) is 1. The molecule has 1 aliphatic carbocycles. The maximum absolute atomic E-state index is 12.7. The minimum Gasteiger partial charge on any atom is -0.364 e. The van der Waals surface area contributed by atoms with Crippen molar-refractivity contribution in [3.05, 3.63) is 70.7 Å². The Morgan fingerprint density at radius 2 is 1.83 bits per heavy atom. The highest BCUT2D eigenvalue weighted by molar-refractivity contribution is 6.02. The predicted octanol–water partition coefficient (Wildman–Crippen LogP) is 5.22. The number of nitrogens with two attached hydrogens (primary N) is 1. The molecular weight excluding hydrogens is 761 g/mol. The molecule has 0 bridgehead atoms. The average Bonchev–Trinajstić information content (AvgIpc) is 3.96. The van der Waals surface area contributed by atoms with Crippen LogP contribution in [0, 0.1) is 5.92 Å². The zero-order chi connectivity index (χ0) is 41.2. The molecule has 2 aromatic carbocycles. The number of hydrogen-bond acceptors (Lipinski definition) is 11. The van der Waals surface area contributed by atoms with Crippen LogP contribution in [0.3, 0.4) is 0 Å². The van der Waals surface area contributed by atoms with Crippen LogP contribution < -0.4 is 21.3 Å². The molecule has 60 heavy (non-hydrogen) atoms. The lowest BCUT2D eigenvalue weighted by Gasteiger charge is -2.58. The zero-order valence-electron chi connectivity index (χ0n) is 34.4. The number of urea groups is 1. The number of rotatable bonds is 10. The number of nitrogens with zero attached hydrogens (tertiary/aromatic N) is 7. The van der Waals surface area contributed by atoms with Gasteiger partial charge in [-0.1, -0.05) is 30.3 Å². The quantitative estimate of drug-likeness (QED) is 0.179. The third-order valence-electron chi connectivity index (χ3n) is 14.5. The summed E-state index contributed by atoms with van der Waals surface area (Å²) in [5.41, 5.74) is 12.0. The molecule has 7 heterocycles. The first-order valence-corrected chi connectivity index (χ1v) is 21.9. The SMILES string of the molecule is CCC1CC(c2ccc(Nc3nc(N4CCC[C@@H](N5CCN(C)C5=O)C4)cnc3C(N)=O)cc2)CC2CC(CC3Cc4ccc5c(C6CCC(=O)NC6=O)noc5c4C3)N12. The number of nitrogens with one attached hydrogen (secondary N) is 2. The third-order valence-corrected chi connectivity index (χ3v) is 14.5. The van der Waals surface area contributed by atoms with Crippen molar-refractivity contribution in [2.45, 2.75) is 114 Å². The van der Waals surface area contributed by atoms with Crippen LogP contribution in [0.5, 0.6) is 0 Å². The van der Waals surface area contributed by atoms with Crippen LogP contribution in [0.2, 0.25) is 0 Å². The van der Waals surface area contributed by atoms with Crippen molar-refractivity contribution < 1.29 is 23.7 Å². The van der Waals surface area contributed by atoms with Crippen LogP contribution in [0.4, 0.5) is 22.1 Å². The van der Waals surface area contributed by atoms with Crippen molar-refractivity contribution >= 4 is 52.0 Å². The molecule has 6 aliphatic rings. The van der Waals surface area contributed by atoms with Crippen molar-refractivity contribution in [2.24, 2.45) is 11.7 Å². The molecule has 5 amide bonds. The Balaban J connectivity index is 0.770. The zero-order valence-corrected chi connectivity index (χ0v) is 34.4. The second-order valence-electron chi connectivity index (χ2n) is 18.1. The van der Waals surface area contributed by atoms with Gasteiger partial charge in [0.25, 0.3) is 5.91 Å². The summed E-state index contributed by atoms with van der Waals surface area (Å²) in [5, 5.41) is 11.1. The summed E-state index contributed by atoms with van der Waals surface area (Å²) < 4.78 is 5.92. The number of fused-ring (bicyclic) bond motifs is 4. The highest BCUT2D eigenvalue weighted by Crippen LogP contribution is 2.48. The Hall–Kier alpha value is -5.57. The summed E-state index contributed by atoms with van der Waals surface area (Å²) in [6, 6.07) is 14.6. The van der Waals surface area contributed by atoms with E-state index in [-0.39, 0.29) is 29.6 Å². The molecule has 6 unspecified atom stereocenters. The molecule has 7 atom stereocenters. The van der Waals surface area contributed by atoms with Gasteiger partial charge in [-0.3, -0.25) is 24.6 Å². The average molecular weight is 815 g/mol. The molecule has 15 heteroatoms. The number of carbonyl (C=O) groups excluding carboxylic acids is 4. The fraction of sp³-hybridized carbons (Fsp3) is 0.533. The van der Waals surface area contributed by atoms with E-state index in [2.05, 4.69) is 73.9 Å². The van der Waals surface area contributed by atoms with Crippen molar-refractivity contribution in [3.8, 4) is 0 Å². The van der Waals surface area contributed by atoms with Crippen LogP contribution in [-0.2, 0) is 22.4 Å². The number of primary amides is 1. The minimum atomic E-state index is -0.642. The molecule has 2 aromatic heterocycles. The van der Waals surface area contributed by atoms with Gasteiger partial charge in [-0.25, -0.2) is 14.8 Å². The highest BCUT2D eigenvalue weighted by atomic mass is 16.5. The Kier molecular flexibility index (Phi) is 9.96. The number of benzene rings is 2. The molecule has 15 nitrogen and oxygen atoms in total. The Labute approximate surface area is 349 Å². The summed E-state index contributed by atoms with van der Waals surface area (Å²) >= 11 is 0. The Bertz CT molecular complexity index is 2350. The number of anilines is 3. The summed E-state index contributed by atoms with van der Waals surface area (Å²) in [4.78, 5) is 67.5. The van der Waals surface area contributed by atoms with Crippen molar-refractivity contribution in [3.63, 3.8) is 0 Å². The first-order valence-electron chi connectivity index (χ1n) is 21.9. The van der Waals surface area contributed by atoms with Gasteiger partial charge in [-0.05, 0) is 105 Å². The van der Waals surface area contributed by atoms with E-state index in [0.717, 1.165) is 87.7 Å². The first-order chi connectivity index (χ1) is 29.1. The molecule has 5 fully saturated rings. The molecule has 0 spiro atoms. The summed E-state index contributed by atoms with van der Waals surface area (Å²) in [5.74, 6) is 0.385. The Morgan fingerprint density at radius 3 is 2.60 bits per heavy atom. The molecule has 4 aromatic rings. The summed E-state index contributed by atoms with van der Waals surface area (Å²) in [7, 11) is 1.84. The number of hydrogen-bond donors (Lipinski definition) is 3. The lowest BCUT2D eigenvalue weighted by Crippen LogP contribution is -2.63. The normalized spacial score (nSPS) is 28.1. The largest absolute Gasteiger partial charge is 0.364 e. The van der Waals surface area contributed by atoms with Crippen LogP contribution in [-0.4, -0.2) is 111 Å². The lowest BCUT2D eigenvalue weighted by molar-refractivity contribution is -0.134. The van der Waals surface area contributed by atoms with Gasteiger partial charge in [0.05, 0.1) is 18.2 Å². The lowest BCUT2D eigenvalue weighted by atomic mass is 9.71. The number of piperidine rings is 3. The van der Waals surface area contributed by atoms with Gasteiger partial charge >= 0.3 is 6.03 Å². The molecule has 5 aliphatic heterocycles. The Morgan fingerprint density at radius 1 is 0.983 bits per heavy atom. The van der Waals surface area contributed by atoms with Crippen LogP contribution in [0.15, 0.2) is 47.1 Å². The van der Waals surface area contributed by atoms with Gasteiger partial charge in [-0.2, -0.15) is 0 Å². The van der Waals surface area contributed by atoms with Gasteiger partial charge in [-0.15, -0.1) is 0 Å². The van der Waals surface area contributed by atoms with E-state index >= 15 is 0 Å². The van der Waals surface area contributed by atoms with Crippen LogP contribution in [0.25, 0.3) is 11.0 Å². The maximum Gasteiger partial charge on any atom is 0.320 e. The standard InChI is InChI=1S/C45H54N10O5/c1-3-30-20-28(21-33-22-32(55(30)33)18-25-17-27-8-11-34-39(51-60-41(34)36(27)19-25)35-12-13-38(56)50-44(35)58)26-6-9-29(10-7-26)48-43-40(42(46)57)47-23-37(49-43)53-14-4-5-31(24-53)54-16-15-52(2)45(54)59/h6-11,23,25,28,30-33,35H,3-5,12-22,24H2,1-2H3,(H2,46,57)(H,48,49)(H,50,56,58)/t25?,28?,30?,31-,32?,33?,35?/m1/s1. The summed E-state index contributed by atoms with van der Waals surface area (Å²) in [6.45, 7) is 5.24. The smallest absolute Gasteiger partial charge is 0.320 e. The van der Waals surface area contributed by atoms with Gasteiger partial charge in [0.2, 0.25) is 11.8 Å². The molecule has 4 N–H and O–H groups in total. The van der Waals surface area contributed by atoms with E-state index in [4.69, 9.17) is 15.2 Å². The minimum absolute atomic E-state index is 0.0723. The third kappa shape index (κ3) is 6.93. The van der Waals surface area contributed by atoms with E-state index in [0.29, 0.717) is 66.7 Å². The molecule has 10 rings (SSSR count). The molecule has 5 saturated heterocycles. The maximum atomic E-state index is 12.7. The van der Waals surface area contributed by atoms with Crippen molar-refractivity contribution in [1.82, 2.24) is 35.1 Å². The molecule has 0 radical (unpaired) electrons. The number of imide groups is 1. The molecule has 314 valence electrons. The monoisotopic (exact) mass is 814 g/mol. The summed E-state index contributed by atoms with van der Waals surface area (Å²) in [6.07, 6.45) is 12.0. The van der Waals surface area contributed by atoms with Crippen LogP contribution >= 0.6 is 0 Å². The van der Waals surface area contributed by atoms with E-state index in [1.165, 1.54) is 23.1 Å². The van der Waals surface area contributed by atoms with Gasteiger partial charge < -0.3 is 30.3 Å². The van der Waals surface area contributed by atoms with E-state index < -0.39 is 11.8 Å². The highest BCUT2D eigenvalue weighted by Gasteiger charge is 2.48. The number of carbonyl (C=O) groups is 4. The molecular formula is C45H54N10O5.